The lowest BCUT2D eigenvalue weighted by Gasteiger charge is -2.46. The van der Waals surface area contributed by atoms with Crippen LogP contribution in [0.5, 0.6) is 0 Å². The van der Waals surface area contributed by atoms with E-state index in [4.69, 9.17) is 47.4 Å². The summed E-state index contributed by atoms with van der Waals surface area (Å²) in [5, 5.41) is 35.7. The van der Waals surface area contributed by atoms with Gasteiger partial charge in [-0.3, -0.25) is 19.2 Å². The maximum absolute atomic E-state index is 14.2. The fraction of sp³-hybridized carbons (Fsp3) is 0.814. The molecule has 0 radical (unpaired) electrons. The predicted octanol–water partition coefficient (Wildman–Crippen LogP) is 1.28. The highest BCUT2D eigenvalue weighted by molar-refractivity contribution is 5.97. The first kappa shape index (κ1) is 55.2. The number of likely N-dealkylation sites (N-methyl/N-ethyl adjacent to an activating group) is 1. The Balaban J connectivity index is 2.37. The molecule has 2 heterocycles. The maximum Gasteiger partial charge on any atom is 0.313 e. The number of ketones is 1. The highest BCUT2D eigenvalue weighted by Gasteiger charge is 2.49. The molecular formula is C43H74N2O17. The first-order chi connectivity index (χ1) is 29.3. The number of nitrogens with one attached hydrogen (secondary N) is 1. The number of Topliss-reactive ketones (excluding diaryl/α,β-unsaturated/α-hetero) is 1. The molecule has 62 heavy (non-hydrogen) atoms. The first-order valence-electron chi connectivity index (χ1n) is 21.1. The van der Waals surface area contributed by atoms with Gasteiger partial charge in [-0.05, 0) is 59.7 Å². The van der Waals surface area contributed by atoms with E-state index in [-0.39, 0.29) is 25.4 Å². The van der Waals surface area contributed by atoms with Crippen LogP contribution in [0.4, 0.5) is 0 Å². The summed E-state index contributed by atoms with van der Waals surface area (Å²) >= 11 is 0. The molecule has 16 atom stereocenters. The SMILES string of the molecule is C=CC(CO[C@H]1O[C@@H](C)[C@@H](OC(C)=O)[C@H](OC)[C@@H]1OC)C(CO)OC(=O)CC(=O)C(C)C(O[C@H]1O[C@H](C)[C@H](O)[C@@H](N(C)C)[C@H]1O)C(CC(C)NC(=O)/C=C/CC)CC(OC)OC. The van der Waals surface area contributed by atoms with Gasteiger partial charge in [0.1, 0.15) is 36.6 Å². The van der Waals surface area contributed by atoms with Crippen molar-refractivity contribution in [3.05, 3.63) is 24.8 Å². The molecule has 6 unspecified atom stereocenters. The first-order valence-corrected chi connectivity index (χ1v) is 21.1. The zero-order chi connectivity index (χ0) is 46.8. The van der Waals surface area contributed by atoms with Crippen molar-refractivity contribution >= 4 is 23.6 Å². The van der Waals surface area contributed by atoms with Crippen LogP contribution in [0.1, 0.15) is 67.2 Å². The molecule has 0 aromatic carbocycles. The number of amides is 1. The van der Waals surface area contributed by atoms with E-state index in [0.717, 1.165) is 0 Å². The van der Waals surface area contributed by atoms with Crippen LogP contribution in [0.2, 0.25) is 0 Å². The van der Waals surface area contributed by atoms with Gasteiger partial charge in [-0.1, -0.05) is 26.0 Å². The number of rotatable bonds is 27. The minimum Gasteiger partial charge on any atom is -0.459 e. The number of allylic oxidation sites excluding steroid dienone is 1. The van der Waals surface area contributed by atoms with E-state index < -0.39 is 134 Å². The summed E-state index contributed by atoms with van der Waals surface area (Å²) in [6.07, 6.45) is -6.60. The Hall–Kier alpha value is -2.92. The van der Waals surface area contributed by atoms with Gasteiger partial charge in [0.25, 0.3) is 0 Å². The molecule has 2 rings (SSSR count). The quantitative estimate of drug-likeness (QED) is 0.0299. The molecule has 0 aliphatic carbocycles. The minimum absolute atomic E-state index is 0.163. The number of hydrogen-bond acceptors (Lipinski definition) is 18. The van der Waals surface area contributed by atoms with Gasteiger partial charge >= 0.3 is 11.9 Å². The summed E-state index contributed by atoms with van der Waals surface area (Å²) in [5.41, 5.74) is 0. The van der Waals surface area contributed by atoms with Crippen molar-refractivity contribution in [2.75, 3.05) is 55.7 Å². The number of hydrogen-bond donors (Lipinski definition) is 4. The van der Waals surface area contributed by atoms with Crippen molar-refractivity contribution in [3.63, 3.8) is 0 Å². The number of methoxy groups -OCH3 is 4. The zero-order valence-electron chi connectivity index (χ0n) is 38.5. The lowest BCUT2D eigenvalue weighted by atomic mass is 9.82. The van der Waals surface area contributed by atoms with E-state index in [1.807, 2.05) is 6.92 Å². The normalized spacial score (nSPS) is 29.7. The average Bonchev–Trinajstić information content (AvgIpc) is 3.22. The number of ether oxygens (including phenoxy) is 10. The second kappa shape index (κ2) is 27.4. The molecule has 19 nitrogen and oxygen atoms in total. The van der Waals surface area contributed by atoms with Gasteiger partial charge in [0.05, 0.1) is 43.7 Å². The number of aliphatic hydroxyl groups excluding tert-OH is 3. The van der Waals surface area contributed by atoms with Crippen molar-refractivity contribution in [3.8, 4) is 0 Å². The maximum atomic E-state index is 14.2. The highest BCUT2D eigenvalue weighted by atomic mass is 16.7. The van der Waals surface area contributed by atoms with Crippen LogP contribution in [0.25, 0.3) is 0 Å². The molecule has 358 valence electrons. The highest BCUT2D eigenvalue weighted by Crippen LogP contribution is 2.34. The van der Waals surface area contributed by atoms with Crippen molar-refractivity contribution in [1.82, 2.24) is 10.2 Å². The molecule has 1 amide bonds. The zero-order valence-corrected chi connectivity index (χ0v) is 38.5. The van der Waals surface area contributed by atoms with Crippen LogP contribution in [-0.4, -0.2) is 185 Å². The second-order valence-electron chi connectivity index (χ2n) is 16.2. The van der Waals surface area contributed by atoms with Gasteiger partial charge in [-0.2, -0.15) is 0 Å². The predicted molar refractivity (Wildman–Crippen MR) is 223 cm³/mol. The Morgan fingerprint density at radius 3 is 2.06 bits per heavy atom. The third kappa shape index (κ3) is 16.0. The van der Waals surface area contributed by atoms with Gasteiger partial charge in [0.15, 0.2) is 25.0 Å². The van der Waals surface area contributed by atoms with Crippen LogP contribution >= 0.6 is 0 Å². The molecule has 0 aromatic rings. The van der Waals surface area contributed by atoms with E-state index in [2.05, 4.69) is 11.9 Å². The summed E-state index contributed by atoms with van der Waals surface area (Å²) in [7, 11) is 9.18. The van der Waals surface area contributed by atoms with Gasteiger partial charge in [0.2, 0.25) is 5.91 Å². The van der Waals surface area contributed by atoms with Crippen molar-refractivity contribution in [2.24, 2.45) is 17.8 Å². The van der Waals surface area contributed by atoms with E-state index in [0.29, 0.717) is 6.42 Å². The number of carbonyl (C=O) groups is 4. The van der Waals surface area contributed by atoms with Crippen molar-refractivity contribution in [2.45, 2.75) is 153 Å². The number of nitrogens with zero attached hydrogens (tertiary/aromatic N) is 1. The number of esters is 2. The topological polar surface area (TPSA) is 237 Å². The largest absolute Gasteiger partial charge is 0.459 e. The number of aliphatic hydroxyl groups is 3. The van der Waals surface area contributed by atoms with Crippen LogP contribution in [0, 0.1) is 17.8 Å². The van der Waals surface area contributed by atoms with E-state index in [9.17, 15) is 34.5 Å². The molecule has 2 fully saturated rings. The van der Waals surface area contributed by atoms with Gasteiger partial charge < -0.3 is 72.9 Å². The fourth-order valence-corrected chi connectivity index (χ4v) is 7.93. The molecule has 2 aliphatic heterocycles. The van der Waals surface area contributed by atoms with E-state index in [1.54, 1.807) is 52.8 Å². The summed E-state index contributed by atoms with van der Waals surface area (Å²) in [6, 6.07) is -1.24. The molecule has 2 aliphatic rings. The van der Waals surface area contributed by atoms with E-state index >= 15 is 0 Å². The van der Waals surface area contributed by atoms with Crippen LogP contribution in [-0.2, 0) is 66.5 Å². The lowest BCUT2D eigenvalue weighted by molar-refractivity contribution is -0.306. The van der Waals surface area contributed by atoms with Gasteiger partial charge in [-0.25, -0.2) is 0 Å². The van der Waals surface area contributed by atoms with Crippen LogP contribution in [0.3, 0.4) is 0 Å². The summed E-state index contributed by atoms with van der Waals surface area (Å²) in [4.78, 5) is 53.8. The summed E-state index contributed by atoms with van der Waals surface area (Å²) < 4.78 is 58.0. The lowest BCUT2D eigenvalue weighted by Crippen LogP contribution is -2.63. The van der Waals surface area contributed by atoms with Crippen LogP contribution in [0.15, 0.2) is 24.8 Å². The summed E-state index contributed by atoms with van der Waals surface area (Å²) in [6.45, 7) is 12.9. The van der Waals surface area contributed by atoms with Crippen molar-refractivity contribution < 1.29 is 81.9 Å². The van der Waals surface area contributed by atoms with Gasteiger partial charge in [-0.15, -0.1) is 6.58 Å². The second-order valence-corrected chi connectivity index (χ2v) is 16.2. The fourth-order valence-electron chi connectivity index (χ4n) is 7.93. The smallest absolute Gasteiger partial charge is 0.313 e. The standard InChI is InChI=1S/C43H74N2O17/c1-14-16-17-32(49)44-23(3)18-29(19-34(53-10)54-11)38(62-42-37(52)35(45(8)9)36(51)25(5)58-42)24(4)30(48)20-33(50)61-31(21-46)28(15-2)22-57-43-41(56-13)40(55-12)39(26(6)59-43)60-27(7)47/h15-17,23-26,28-29,31,34-43,46,51-52H,2,14,18-22H2,1,3-13H3,(H,44,49)/b17-16+/t23?,24?,25-,26+,28?,29?,31?,35-,36+,37-,38?,39-,40+,41+,42-,43+/m1/s1. The Morgan fingerprint density at radius 2 is 1.53 bits per heavy atom. The Labute approximate surface area is 366 Å². The van der Waals surface area contributed by atoms with E-state index in [1.165, 1.54) is 47.5 Å². The molecule has 0 bridgehead atoms. The molecule has 0 spiro atoms. The molecule has 2 saturated heterocycles. The Morgan fingerprint density at radius 1 is 0.903 bits per heavy atom. The molecule has 0 aromatic heterocycles. The molecule has 19 heteroatoms. The average molecular weight is 891 g/mol. The van der Waals surface area contributed by atoms with Crippen LogP contribution < -0.4 is 5.32 Å². The van der Waals surface area contributed by atoms with Crippen molar-refractivity contribution in [1.29, 1.82) is 0 Å². The Kier molecular flexibility index (Phi) is 24.4. The molecular weight excluding hydrogens is 816 g/mol. The molecule has 0 saturated carbocycles. The third-order valence-electron chi connectivity index (χ3n) is 11.3. The number of carbonyl (C=O) groups excluding carboxylic acids is 4. The molecule has 4 N–H and O–H groups in total. The summed E-state index contributed by atoms with van der Waals surface area (Å²) in [5.74, 6) is -4.81. The third-order valence-corrected chi connectivity index (χ3v) is 11.3. The Bertz CT molecular complexity index is 1410. The monoisotopic (exact) mass is 890 g/mol. The van der Waals surface area contributed by atoms with Gasteiger partial charge in [0, 0.05) is 59.7 Å². The minimum atomic E-state index is -1.36.